The van der Waals surface area contributed by atoms with Crippen molar-refractivity contribution in [3.8, 4) is 0 Å². The molecule has 0 spiro atoms. The topological polar surface area (TPSA) is 63.8 Å². The molecule has 0 bridgehead atoms. The predicted molar refractivity (Wildman–Crippen MR) is 73.1 cm³/mol. The Hall–Kier alpha value is -1.32. The van der Waals surface area contributed by atoms with Crippen molar-refractivity contribution in [3.63, 3.8) is 0 Å². The van der Waals surface area contributed by atoms with Crippen LogP contribution in [0.15, 0.2) is 0 Å². The predicted octanol–water partition coefficient (Wildman–Crippen LogP) is 2.78. The van der Waals surface area contributed by atoms with Gasteiger partial charge in [0.2, 0.25) is 0 Å². The van der Waals surface area contributed by atoms with Crippen LogP contribution in [0.25, 0.3) is 0 Å². The number of rotatable bonds is 5. The Bertz CT molecular complexity index is 374. The molecule has 3 N–H and O–H groups in total. The summed E-state index contributed by atoms with van der Waals surface area (Å²) in [6.07, 6.45) is 1.88. The zero-order chi connectivity index (χ0) is 13.0. The van der Waals surface area contributed by atoms with Crippen LogP contribution in [0.3, 0.4) is 0 Å². The molecule has 1 rings (SSSR count). The number of nitrogen functional groups attached to an aromatic ring is 1. The third-order valence-electron chi connectivity index (χ3n) is 3.11. The molecule has 0 aliphatic rings. The summed E-state index contributed by atoms with van der Waals surface area (Å²) in [6.45, 7) is 10.6. The van der Waals surface area contributed by atoms with Crippen molar-refractivity contribution in [3.05, 3.63) is 11.4 Å². The molecule has 0 radical (unpaired) electrons. The highest BCUT2D eigenvalue weighted by Crippen LogP contribution is 2.20. The molecule has 0 fully saturated rings. The van der Waals surface area contributed by atoms with Crippen LogP contribution in [0.4, 0.5) is 11.6 Å². The SMILES string of the molecule is CCc1nc(N)c(C)c(NC(CC)C(C)C)n1. The van der Waals surface area contributed by atoms with Crippen LogP contribution in [-0.4, -0.2) is 16.0 Å². The fourth-order valence-corrected chi connectivity index (χ4v) is 1.80. The minimum absolute atomic E-state index is 0.424. The van der Waals surface area contributed by atoms with E-state index in [1.165, 1.54) is 0 Å². The van der Waals surface area contributed by atoms with Gasteiger partial charge in [-0.25, -0.2) is 9.97 Å². The van der Waals surface area contributed by atoms with Gasteiger partial charge in [-0.05, 0) is 19.3 Å². The molecular formula is C13H24N4. The molecule has 0 aliphatic carbocycles. The first-order chi connectivity index (χ1) is 7.99. The number of nitrogens with zero attached hydrogens (tertiary/aromatic N) is 2. The Morgan fingerprint density at radius 2 is 1.88 bits per heavy atom. The van der Waals surface area contributed by atoms with Crippen LogP contribution in [-0.2, 0) is 6.42 Å². The molecular weight excluding hydrogens is 212 g/mol. The molecule has 96 valence electrons. The summed E-state index contributed by atoms with van der Waals surface area (Å²) < 4.78 is 0. The average Bonchev–Trinajstić information content (AvgIpc) is 2.30. The van der Waals surface area contributed by atoms with E-state index >= 15 is 0 Å². The Morgan fingerprint density at radius 1 is 1.24 bits per heavy atom. The van der Waals surface area contributed by atoms with E-state index < -0.39 is 0 Å². The van der Waals surface area contributed by atoms with Crippen LogP contribution in [0.2, 0.25) is 0 Å². The van der Waals surface area contributed by atoms with Gasteiger partial charge < -0.3 is 11.1 Å². The summed E-state index contributed by atoms with van der Waals surface area (Å²) in [6, 6.07) is 0.424. The van der Waals surface area contributed by atoms with Crippen molar-refractivity contribution in [2.24, 2.45) is 5.92 Å². The van der Waals surface area contributed by atoms with Gasteiger partial charge in [-0.3, -0.25) is 0 Å². The first-order valence-electron chi connectivity index (χ1n) is 6.39. The van der Waals surface area contributed by atoms with E-state index in [0.717, 1.165) is 30.0 Å². The summed E-state index contributed by atoms with van der Waals surface area (Å²) in [7, 11) is 0. The van der Waals surface area contributed by atoms with Crippen molar-refractivity contribution >= 4 is 11.6 Å². The van der Waals surface area contributed by atoms with E-state index in [2.05, 4.69) is 36.1 Å². The van der Waals surface area contributed by atoms with E-state index in [0.29, 0.717) is 17.8 Å². The Morgan fingerprint density at radius 3 is 2.35 bits per heavy atom. The second-order valence-corrected chi connectivity index (χ2v) is 4.76. The molecule has 1 unspecified atom stereocenters. The summed E-state index contributed by atoms with van der Waals surface area (Å²) >= 11 is 0. The van der Waals surface area contributed by atoms with Crippen molar-refractivity contribution in [1.82, 2.24) is 9.97 Å². The van der Waals surface area contributed by atoms with E-state index in [9.17, 15) is 0 Å². The number of hydrogen-bond donors (Lipinski definition) is 2. The summed E-state index contributed by atoms with van der Waals surface area (Å²) in [4.78, 5) is 8.78. The Kier molecular flexibility index (Phi) is 4.73. The van der Waals surface area contributed by atoms with Crippen LogP contribution >= 0.6 is 0 Å². The number of anilines is 2. The largest absolute Gasteiger partial charge is 0.383 e. The lowest BCUT2D eigenvalue weighted by atomic mass is 10.0. The van der Waals surface area contributed by atoms with Crippen LogP contribution in [0.1, 0.15) is 45.5 Å². The molecule has 4 heteroatoms. The third-order valence-corrected chi connectivity index (χ3v) is 3.11. The molecule has 0 saturated heterocycles. The van der Waals surface area contributed by atoms with Gasteiger partial charge >= 0.3 is 0 Å². The van der Waals surface area contributed by atoms with E-state index in [1.807, 2.05) is 13.8 Å². The molecule has 1 atom stereocenters. The average molecular weight is 236 g/mol. The second kappa shape index (κ2) is 5.84. The fourth-order valence-electron chi connectivity index (χ4n) is 1.80. The molecule has 0 saturated carbocycles. The smallest absolute Gasteiger partial charge is 0.134 e. The summed E-state index contributed by atoms with van der Waals surface area (Å²) in [5, 5.41) is 3.48. The van der Waals surface area contributed by atoms with Gasteiger partial charge in [0.15, 0.2) is 0 Å². The lowest BCUT2D eigenvalue weighted by Gasteiger charge is -2.23. The van der Waals surface area contributed by atoms with Crippen LogP contribution < -0.4 is 11.1 Å². The van der Waals surface area contributed by atoms with Crippen molar-refractivity contribution in [2.45, 2.75) is 53.5 Å². The first kappa shape index (κ1) is 13.7. The van der Waals surface area contributed by atoms with Gasteiger partial charge in [0.1, 0.15) is 17.5 Å². The molecule has 0 aromatic carbocycles. The minimum Gasteiger partial charge on any atom is -0.383 e. The highest BCUT2D eigenvalue weighted by molar-refractivity contribution is 5.55. The molecule has 1 heterocycles. The maximum atomic E-state index is 5.90. The van der Waals surface area contributed by atoms with Gasteiger partial charge in [-0.1, -0.05) is 27.7 Å². The maximum Gasteiger partial charge on any atom is 0.134 e. The number of aromatic nitrogens is 2. The zero-order valence-corrected chi connectivity index (χ0v) is 11.5. The minimum atomic E-state index is 0.424. The zero-order valence-electron chi connectivity index (χ0n) is 11.5. The van der Waals surface area contributed by atoms with Crippen molar-refractivity contribution in [2.75, 3.05) is 11.1 Å². The molecule has 0 aliphatic heterocycles. The van der Waals surface area contributed by atoms with Gasteiger partial charge in [-0.15, -0.1) is 0 Å². The highest BCUT2D eigenvalue weighted by Gasteiger charge is 2.14. The first-order valence-corrected chi connectivity index (χ1v) is 6.39. The normalized spacial score (nSPS) is 12.8. The second-order valence-electron chi connectivity index (χ2n) is 4.76. The van der Waals surface area contributed by atoms with Crippen LogP contribution in [0.5, 0.6) is 0 Å². The molecule has 4 nitrogen and oxygen atoms in total. The number of nitrogens with one attached hydrogen (secondary N) is 1. The summed E-state index contributed by atoms with van der Waals surface area (Å²) in [5.41, 5.74) is 6.84. The van der Waals surface area contributed by atoms with Gasteiger partial charge in [-0.2, -0.15) is 0 Å². The molecule has 17 heavy (non-hydrogen) atoms. The van der Waals surface area contributed by atoms with Gasteiger partial charge in [0.25, 0.3) is 0 Å². The number of hydrogen-bond acceptors (Lipinski definition) is 4. The van der Waals surface area contributed by atoms with E-state index in [-0.39, 0.29) is 0 Å². The quantitative estimate of drug-likeness (QED) is 0.825. The third kappa shape index (κ3) is 3.32. The molecule has 0 amide bonds. The Balaban J connectivity index is 3.00. The monoisotopic (exact) mass is 236 g/mol. The maximum absolute atomic E-state index is 5.90. The fraction of sp³-hybridized carbons (Fsp3) is 0.692. The Labute approximate surface area is 104 Å². The van der Waals surface area contributed by atoms with Gasteiger partial charge in [0, 0.05) is 18.0 Å². The summed E-state index contributed by atoms with van der Waals surface area (Å²) in [5.74, 6) is 2.84. The van der Waals surface area contributed by atoms with E-state index in [1.54, 1.807) is 0 Å². The van der Waals surface area contributed by atoms with Crippen LogP contribution in [0, 0.1) is 12.8 Å². The number of aryl methyl sites for hydroxylation is 1. The standard InChI is InChI=1S/C13H24N4/c1-6-10(8(3)4)15-13-9(5)12(14)16-11(7-2)17-13/h8,10H,6-7H2,1-5H3,(H3,14,15,16,17). The number of nitrogens with two attached hydrogens (primary N) is 1. The van der Waals surface area contributed by atoms with E-state index in [4.69, 9.17) is 5.73 Å². The lowest BCUT2D eigenvalue weighted by molar-refractivity contribution is 0.509. The molecule has 1 aromatic heterocycles. The lowest BCUT2D eigenvalue weighted by Crippen LogP contribution is -2.26. The van der Waals surface area contributed by atoms with Crippen molar-refractivity contribution in [1.29, 1.82) is 0 Å². The van der Waals surface area contributed by atoms with Gasteiger partial charge in [0.05, 0.1) is 0 Å². The molecule has 1 aromatic rings. The van der Waals surface area contributed by atoms with Crippen molar-refractivity contribution < 1.29 is 0 Å². The highest BCUT2D eigenvalue weighted by atomic mass is 15.1.